The van der Waals surface area contributed by atoms with Crippen LogP contribution in [-0.4, -0.2) is 23.7 Å². The number of rotatable bonds is 2. The number of aldehydes is 1. The number of carbonyl (C=O) groups is 2. The van der Waals surface area contributed by atoms with Gasteiger partial charge in [-0.05, 0) is 18.1 Å². The minimum atomic E-state index is -0.505. The molecule has 1 aromatic carbocycles. The number of hydrogen-bond acceptors (Lipinski definition) is 6. The summed E-state index contributed by atoms with van der Waals surface area (Å²) in [5.74, 6) is -0.509. The summed E-state index contributed by atoms with van der Waals surface area (Å²) in [6.07, 6.45) is 1.28. The lowest BCUT2D eigenvalue weighted by Crippen LogP contribution is -2.35. The number of nitrogens with zero attached hydrogens (tertiary/aromatic N) is 2. The minimum Gasteiger partial charge on any atom is -0.312 e. The number of amides is 1. The Morgan fingerprint density at radius 3 is 2.65 bits per heavy atom. The maximum Gasteiger partial charge on any atom is 0.269 e. The maximum absolute atomic E-state index is 11.5. The van der Waals surface area contributed by atoms with Crippen LogP contribution in [0.2, 0.25) is 0 Å². The van der Waals surface area contributed by atoms with E-state index >= 15 is 0 Å². The number of nitro groups is 1. The predicted molar refractivity (Wildman–Crippen MR) is 79.3 cm³/mol. The molecule has 1 aliphatic rings. The van der Waals surface area contributed by atoms with Crippen molar-refractivity contribution in [2.75, 3.05) is 11.4 Å². The lowest BCUT2D eigenvalue weighted by Gasteiger charge is -2.31. The fourth-order valence-corrected chi connectivity index (χ4v) is 2.21. The SMILES string of the molecule is CC(=O)N1CCC(C=O)c2cc([N+](=O)[O-])ccc21.S=S. The summed E-state index contributed by atoms with van der Waals surface area (Å²) in [4.78, 5) is 34.3. The van der Waals surface area contributed by atoms with Gasteiger partial charge in [0.15, 0.2) is 0 Å². The van der Waals surface area contributed by atoms with Crippen molar-refractivity contribution in [2.24, 2.45) is 0 Å². The van der Waals surface area contributed by atoms with E-state index < -0.39 is 4.92 Å². The molecule has 106 valence electrons. The smallest absolute Gasteiger partial charge is 0.269 e. The van der Waals surface area contributed by atoms with Gasteiger partial charge in [0, 0.05) is 59.6 Å². The van der Waals surface area contributed by atoms with Gasteiger partial charge in [-0.3, -0.25) is 14.9 Å². The number of non-ortho nitro benzene ring substituents is 1. The molecular formula is C12H12N2O4S2. The van der Waals surface area contributed by atoms with Crippen molar-refractivity contribution in [1.82, 2.24) is 0 Å². The molecule has 0 spiro atoms. The van der Waals surface area contributed by atoms with Gasteiger partial charge in [-0.1, -0.05) is 0 Å². The van der Waals surface area contributed by atoms with E-state index in [4.69, 9.17) is 0 Å². The third-order valence-corrected chi connectivity index (χ3v) is 3.12. The van der Waals surface area contributed by atoms with Crippen LogP contribution in [0.4, 0.5) is 11.4 Å². The number of nitro benzene ring substituents is 1. The van der Waals surface area contributed by atoms with E-state index in [0.717, 1.165) is 6.29 Å². The van der Waals surface area contributed by atoms with E-state index in [1.54, 1.807) is 4.90 Å². The van der Waals surface area contributed by atoms with Crippen LogP contribution in [0.25, 0.3) is 0 Å². The molecule has 1 aromatic rings. The number of anilines is 1. The highest BCUT2D eigenvalue weighted by molar-refractivity contribution is 8.07. The Bertz CT molecular complexity index is 550. The quantitative estimate of drug-likeness (QED) is 0.469. The summed E-state index contributed by atoms with van der Waals surface area (Å²) in [6.45, 7) is 1.90. The summed E-state index contributed by atoms with van der Waals surface area (Å²) in [6, 6.07) is 4.26. The molecule has 0 saturated heterocycles. The number of hydrogen-bond donors (Lipinski definition) is 0. The largest absolute Gasteiger partial charge is 0.312 e. The van der Waals surface area contributed by atoms with Gasteiger partial charge in [-0.25, -0.2) is 0 Å². The first-order chi connectivity index (χ1) is 9.54. The molecule has 1 aliphatic heterocycles. The van der Waals surface area contributed by atoms with E-state index in [1.807, 2.05) is 0 Å². The third kappa shape index (κ3) is 3.20. The Balaban J connectivity index is 0.000000956. The minimum absolute atomic E-state index is 0.0639. The van der Waals surface area contributed by atoms with Gasteiger partial charge in [0.25, 0.3) is 5.69 Å². The van der Waals surface area contributed by atoms with E-state index in [1.165, 1.54) is 25.1 Å². The van der Waals surface area contributed by atoms with Crippen LogP contribution in [0, 0.1) is 10.1 Å². The Morgan fingerprint density at radius 1 is 1.50 bits per heavy atom. The van der Waals surface area contributed by atoms with Crippen molar-refractivity contribution < 1.29 is 14.5 Å². The van der Waals surface area contributed by atoms with Gasteiger partial charge < -0.3 is 9.69 Å². The van der Waals surface area contributed by atoms with Crippen molar-refractivity contribution in [3.63, 3.8) is 0 Å². The highest BCUT2D eigenvalue weighted by Gasteiger charge is 2.28. The molecule has 0 fully saturated rings. The Labute approximate surface area is 125 Å². The second-order valence-corrected chi connectivity index (χ2v) is 4.20. The Hall–Kier alpha value is -1.80. The highest BCUT2D eigenvalue weighted by Crippen LogP contribution is 2.36. The molecule has 0 radical (unpaired) electrons. The molecule has 20 heavy (non-hydrogen) atoms. The van der Waals surface area contributed by atoms with Crippen molar-refractivity contribution >= 4 is 45.9 Å². The monoisotopic (exact) mass is 312 g/mol. The summed E-state index contributed by atoms with van der Waals surface area (Å²) < 4.78 is 0. The maximum atomic E-state index is 11.5. The first kappa shape index (κ1) is 16.3. The van der Waals surface area contributed by atoms with Crippen molar-refractivity contribution in [1.29, 1.82) is 0 Å². The molecule has 2 rings (SSSR count). The van der Waals surface area contributed by atoms with Crippen molar-refractivity contribution in [3.8, 4) is 0 Å². The molecular weight excluding hydrogens is 300 g/mol. The molecule has 1 amide bonds. The first-order valence-corrected chi connectivity index (χ1v) is 7.06. The number of fused-ring (bicyclic) bond motifs is 1. The molecule has 0 aliphatic carbocycles. The van der Waals surface area contributed by atoms with Crippen LogP contribution in [0.5, 0.6) is 0 Å². The predicted octanol–water partition coefficient (Wildman–Crippen LogP) is 1.63. The standard InChI is InChI=1S/C12H12N2O4.S2/c1-8(16)13-5-4-9(7-15)11-6-10(14(17)18)2-3-12(11)13;1-2/h2-3,6-7,9H,4-5H2,1H3;. The van der Waals surface area contributed by atoms with E-state index in [2.05, 4.69) is 22.4 Å². The Morgan fingerprint density at radius 2 is 2.15 bits per heavy atom. The van der Waals surface area contributed by atoms with Gasteiger partial charge in [0.1, 0.15) is 6.29 Å². The Kier molecular flexibility index (Phi) is 5.78. The van der Waals surface area contributed by atoms with E-state index in [-0.39, 0.29) is 17.5 Å². The van der Waals surface area contributed by atoms with Gasteiger partial charge in [0.2, 0.25) is 5.91 Å². The molecule has 0 N–H and O–H groups in total. The van der Waals surface area contributed by atoms with Gasteiger partial charge in [-0.15, -0.1) is 0 Å². The van der Waals surface area contributed by atoms with Crippen LogP contribution in [-0.2, 0) is 32.0 Å². The zero-order chi connectivity index (χ0) is 15.3. The molecule has 1 unspecified atom stereocenters. The summed E-state index contributed by atoms with van der Waals surface area (Å²) in [5, 5.41) is 10.7. The molecule has 1 atom stereocenters. The highest BCUT2D eigenvalue weighted by atomic mass is 32.8. The average Bonchev–Trinajstić information content (AvgIpc) is 2.47. The van der Waals surface area contributed by atoms with E-state index in [9.17, 15) is 19.7 Å². The summed E-state index contributed by atoms with van der Waals surface area (Å²) >= 11 is 7.33. The molecule has 0 bridgehead atoms. The number of benzene rings is 1. The topological polar surface area (TPSA) is 80.5 Å². The van der Waals surface area contributed by atoms with Crippen LogP contribution in [0.3, 0.4) is 0 Å². The van der Waals surface area contributed by atoms with Crippen LogP contribution < -0.4 is 4.90 Å². The molecule has 0 aromatic heterocycles. The normalized spacial score (nSPS) is 16.4. The van der Waals surface area contributed by atoms with Gasteiger partial charge >= 0.3 is 0 Å². The van der Waals surface area contributed by atoms with Gasteiger partial charge in [-0.2, -0.15) is 0 Å². The summed E-state index contributed by atoms with van der Waals surface area (Å²) in [5.41, 5.74) is 1.09. The zero-order valence-corrected chi connectivity index (χ0v) is 12.3. The average molecular weight is 312 g/mol. The van der Waals surface area contributed by atoms with Crippen molar-refractivity contribution in [3.05, 3.63) is 33.9 Å². The zero-order valence-electron chi connectivity index (χ0n) is 10.6. The van der Waals surface area contributed by atoms with Crippen LogP contribution in [0.1, 0.15) is 24.8 Å². The third-order valence-electron chi connectivity index (χ3n) is 3.12. The molecule has 1 heterocycles. The molecule has 6 nitrogen and oxygen atoms in total. The second-order valence-electron chi connectivity index (χ2n) is 4.20. The van der Waals surface area contributed by atoms with Crippen LogP contribution >= 0.6 is 0 Å². The summed E-state index contributed by atoms with van der Waals surface area (Å²) in [7, 11) is 0. The first-order valence-electron chi connectivity index (χ1n) is 5.73. The second kappa shape index (κ2) is 7.11. The van der Waals surface area contributed by atoms with Crippen LogP contribution in [0.15, 0.2) is 18.2 Å². The molecule has 8 heteroatoms. The number of carbonyl (C=O) groups excluding carboxylic acids is 2. The van der Waals surface area contributed by atoms with E-state index in [0.29, 0.717) is 24.2 Å². The lowest BCUT2D eigenvalue weighted by atomic mass is 9.90. The van der Waals surface area contributed by atoms with Gasteiger partial charge in [0.05, 0.1) is 4.92 Å². The fourth-order valence-electron chi connectivity index (χ4n) is 2.21. The van der Waals surface area contributed by atoms with Crippen molar-refractivity contribution in [2.45, 2.75) is 19.3 Å². The fraction of sp³-hybridized carbons (Fsp3) is 0.333. The lowest BCUT2D eigenvalue weighted by molar-refractivity contribution is -0.384. The molecule has 0 saturated carbocycles.